The summed E-state index contributed by atoms with van der Waals surface area (Å²) in [5.74, 6) is -1.14. The average Bonchev–Trinajstić information content (AvgIpc) is 3.47. The van der Waals surface area contributed by atoms with E-state index in [9.17, 15) is 19.3 Å². The highest BCUT2D eigenvalue weighted by Gasteiger charge is 2.47. The summed E-state index contributed by atoms with van der Waals surface area (Å²) >= 11 is 0. The van der Waals surface area contributed by atoms with Gasteiger partial charge in [0, 0.05) is 6.42 Å². The van der Waals surface area contributed by atoms with Crippen LogP contribution in [-0.2, 0) is 32.9 Å². The predicted octanol–water partition coefficient (Wildman–Crippen LogP) is 3.11. The van der Waals surface area contributed by atoms with Gasteiger partial charge in [-0.15, -0.1) is 0 Å². The van der Waals surface area contributed by atoms with E-state index in [0.29, 0.717) is 17.8 Å². The molecule has 46 heavy (non-hydrogen) atoms. The Bertz CT molecular complexity index is 1380. The minimum Gasteiger partial charge on any atom is -0.476 e. The number of nitrogens with two attached hydrogens (primary N) is 1. The van der Waals surface area contributed by atoms with E-state index in [1.165, 1.54) is 24.7 Å². The first-order valence-electron chi connectivity index (χ1n) is 15.3. The second-order valence-corrected chi connectivity index (χ2v) is 16.1. The second kappa shape index (κ2) is 14.5. The molecule has 17 heteroatoms. The zero-order valence-corrected chi connectivity index (χ0v) is 29.3. The number of hydrogen-bond donors (Lipinski definition) is 4. The van der Waals surface area contributed by atoms with Gasteiger partial charge in [-0.3, -0.25) is 18.7 Å². The van der Waals surface area contributed by atoms with E-state index in [0.717, 1.165) is 0 Å². The fourth-order valence-electron chi connectivity index (χ4n) is 4.46. The molecule has 1 saturated heterocycles. The molecule has 1 fully saturated rings. The van der Waals surface area contributed by atoms with E-state index in [1.807, 2.05) is 41.5 Å². The van der Waals surface area contributed by atoms with E-state index in [-0.39, 0.29) is 48.9 Å². The molecule has 0 aliphatic carbocycles. The third-order valence-electron chi connectivity index (χ3n) is 6.61. The lowest BCUT2D eigenvalue weighted by Crippen LogP contribution is -2.43. The molecular weight excluding hydrogens is 621 g/mol. The van der Waals surface area contributed by atoms with Gasteiger partial charge >= 0.3 is 19.6 Å². The van der Waals surface area contributed by atoms with Crippen molar-refractivity contribution in [3.05, 3.63) is 6.33 Å². The summed E-state index contributed by atoms with van der Waals surface area (Å²) in [7, 11) is -4.14. The van der Waals surface area contributed by atoms with Gasteiger partial charge < -0.3 is 34.3 Å². The van der Waals surface area contributed by atoms with Crippen LogP contribution in [0.15, 0.2) is 6.33 Å². The van der Waals surface area contributed by atoms with Crippen LogP contribution in [0.4, 0.5) is 5.95 Å². The Balaban J connectivity index is 1.79. The number of esters is 2. The summed E-state index contributed by atoms with van der Waals surface area (Å²) in [6.07, 6.45) is -0.241. The highest BCUT2D eigenvalue weighted by atomic mass is 31.2. The van der Waals surface area contributed by atoms with Crippen LogP contribution >= 0.6 is 7.67 Å². The quantitative estimate of drug-likeness (QED) is 0.168. The molecule has 0 saturated carbocycles. The van der Waals surface area contributed by atoms with Crippen molar-refractivity contribution in [1.29, 1.82) is 0 Å². The van der Waals surface area contributed by atoms with Crippen LogP contribution in [0, 0.1) is 10.8 Å². The van der Waals surface area contributed by atoms with Gasteiger partial charge in [-0.2, -0.15) is 9.97 Å². The number of aliphatic hydroxyl groups is 1. The maximum atomic E-state index is 14.1. The predicted molar refractivity (Wildman–Crippen MR) is 170 cm³/mol. The normalized spacial score (nSPS) is 22.1. The third-order valence-corrected chi connectivity index (χ3v) is 8.57. The molecule has 260 valence electrons. The smallest absolute Gasteiger partial charge is 0.342 e. The molecule has 0 aromatic carbocycles. The van der Waals surface area contributed by atoms with Crippen LogP contribution in [0.3, 0.4) is 0 Å². The maximum Gasteiger partial charge on any atom is 0.342 e. The standard InChI is InChI=1S/C29H50N7O9P/c1-11-41-22-20-21(32-26(30)33-22)36(16-31-20)25-29(10,39)12-19(45-25)13-44-46(40,34-17(2)23(37)42-14-27(4,5)6)35-18(3)24(38)43-15-28(7,8)9/h16-19,25,39H,11-15H2,1-10H3,(H2,30,32,33)(H2,34,35,40)/t17-,18-,19-,25+,29+/m0/s1. The van der Waals surface area contributed by atoms with E-state index >= 15 is 0 Å². The molecule has 16 nitrogen and oxygen atoms in total. The summed E-state index contributed by atoms with van der Waals surface area (Å²) in [6.45, 7) is 18.1. The zero-order chi connectivity index (χ0) is 34.7. The molecular formula is C29H50N7O9P. The first-order chi connectivity index (χ1) is 21.1. The van der Waals surface area contributed by atoms with Gasteiger partial charge in [0.15, 0.2) is 17.4 Å². The van der Waals surface area contributed by atoms with Crippen LogP contribution < -0.4 is 20.6 Å². The number of carbonyl (C=O) groups excluding carboxylic acids is 2. The van der Waals surface area contributed by atoms with Crippen molar-refractivity contribution in [1.82, 2.24) is 29.7 Å². The third kappa shape index (κ3) is 10.3. The molecule has 5 atom stereocenters. The van der Waals surface area contributed by atoms with Gasteiger partial charge in [0.2, 0.25) is 11.8 Å². The number of hydrogen-bond acceptors (Lipinski definition) is 13. The first-order valence-corrected chi connectivity index (χ1v) is 16.9. The number of anilines is 1. The molecule has 0 bridgehead atoms. The molecule has 0 amide bonds. The Hall–Kier alpha value is -2.88. The van der Waals surface area contributed by atoms with Gasteiger partial charge in [0.05, 0.1) is 38.9 Å². The lowest BCUT2D eigenvalue weighted by Gasteiger charge is -2.28. The number of nitrogen functional groups attached to an aromatic ring is 1. The fraction of sp³-hybridized carbons (Fsp3) is 0.759. The molecule has 1 aliphatic rings. The number of rotatable bonds is 14. The highest BCUT2D eigenvalue weighted by Crippen LogP contribution is 2.44. The number of ether oxygens (including phenoxy) is 4. The molecule has 1 aliphatic heterocycles. The van der Waals surface area contributed by atoms with Gasteiger partial charge in [-0.05, 0) is 38.5 Å². The van der Waals surface area contributed by atoms with E-state index < -0.39 is 49.6 Å². The molecule has 0 spiro atoms. The number of aromatic nitrogens is 4. The summed E-state index contributed by atoms with van der Waals surface area (Å²) in [4.78, 5) is 38.2. The van der Waals surface area contributed by atoms with E-state index in [2.05, 4.69) is 25.1 Å². The highest BCUT2D eigenvalue weighted by molar-refractivity contribution is 7.54. The summed E-state index contributed by atoms with van der Waals surface area (Å²) in [5, 5.41) is 16.7. The van der Waals surface area contributed by atoms with E-state index in [1.54, 1.807) is 13.8 Å². The van der Waals surface area contributed by atoms with Crippen molar-refractivity contribution in [3.63, 3.8) is 0 Å². The van der Waals surface area contributed by atoms with Crippen LogP contribution in [0.2, 0.25) is 0 Å². The van der Waals surface area contributed by atoms with Crippen LogP contribution in [-0.4, -0.2) is 86.8 Å². The topological polar surface area (TPSA) is 211 Å². The maximum absolute atomic E-state index is 14.1. The van der Waals surface area contributed by atoms with E-state index in [4.69, 9.17) is 29.2 Å². The minimum atomic E-state index is -4.14. The fourth-order valence-corrected chi connectivity index (χ4v) is 6.29. The van der Waals surface area contributed by atoms with Crippen LogP contribution in [0.1, 0.15) is 81.9 Å². The molecule has 2 aromatic heterocycles. The van der Waals surface area contributed by atoms with Crippen LogP contribution in [0.25, 0.3) is 11.2 Å². The van der Waals surface area contributed by atoms with Gasteiger partial charge in [-0.1, -0.05) is 41.5 Å². The number of nitrogens with zero attached hydrogens (tertiary/aromatic N) is 4. The van der Waals surface area contributed by atoms with Crippen molar-refractivity contribution in [3.8, 4) is 5.88 Å². The SMILES string of the molecule is CCOc1nc(N)nc2c1ncn2[C@@H]1O[C@H](COP(=O)(N[C@@H](C)C(=O)OCC(C)(C)C)N[C@@H](C)C(=O)OCC(C)(C)C)C[C@@]1(C)O. The zero-order valence-electron chi connectivity index (χ0n) is 28.4. The minimum absolute atomic E-state index is 0.0430. The molecule has 0 radical (unpaired) electrons. The van der Waals surface area contributed by atoms with Crippen molar-refractivity contribution >= 4 is 36.7 Å². The summed E-state index contributed by atoms with van der Waals surface area (Å²) in [5.41, 5.74) is 4.53. The van der Waals surface area contributed by atoms with Gasteiger partial charge in [0.1, 0.15) is 17.7 Å². The average molecular weight is 672 g/mol. The van der Waals surface area contributed by atoms with Crippen molar-refractivity contribution in [2.75, 3.05) is 32.2 Å². The Labute approximate surface area is 270 Å². The van der Waals surface area contributed by atoms with Crippen molar-refractivity contribution in [2.45, 2.75) is 106 Å². The van der Waals surface area contributed by atoms with Crippen molar-refractivity contribution in [2.24, 2.45) is 10.8 Å². The molecule has 5 N–H and O–H groups in total. The Morgan fingerprint density at radius 3 is 2.15 bits per heavy atom. The Kier molecular flexibility index (Phi) is 11.8. The van der Waals surface area contributed by atoms with Gasteiger partial charge in [-0.25, -0.2) is 15.2 Å². The summed E-state index contributed by atoms with van der Waals surface area (Å²) < 4.78 is 44.0. The monoisotopic (exact) mass is 671 g/mol. The number of carbonyl (C=O) groups is 2. The molecule has 2 aromatic rings. The van der Waals surface area contributed by atoms with Gasteiger partial charge in [0.25, 0.3) is 0 Å². The number of imidazole rings is 1. The van der Waals surface area contributed by atoms with Crippen molar-refractivity contribution < 1.29 is 42.7 Å². The molecule has 0 unspecified atom stereocenters. The largest absolute Gasteiger partial charge is 0.476 e. The number of nitrogens with one attached hydrogen (secondary N) is 2. The van der Waals surface area contributed by atoms with Crippen LogP contribution in [0.5, 0.6) is 5.88 Å². The Morgan fingerprint density at radius 1 is 1.11 bits per heavy atom. The molecule has 3 rings (SSSR count). The summed E-state index contributed by atoms with van der Waals surface area (Å²) in [6, 6.07) is -2.14. The lowest BCUT2D eigenvalue weighted by molar-refractivity contribution is -0.148. The second-order valence-electron chi connectivity index (χ2n) is 14.2. The Morgan fingerprint density at radius 2 is 1.65 bits per heavy atom. The first kappa shape index (κ1) is 37.6. The number of fused-ring (bicyclic) bond motifs is 1. The lowest BCUT2D eigenvalue weighted by atomic mass is 9.99. The molecule has 3 heterocycles.